The SMILES string of the molecule is Cc1cccc(NC(=O)CN2CCN(C(=O)C(C)Sc3ccc(Cl)cc3)CC2)c1C. The number of carbonyl (C=O) groups is 2. The second-order valence-corrected chi connectivity index (χ2v) is 9.46. The van der Waals surface area contributed by atoms with Gasteiger partial charge in [0.15, 0.2) is 0 Å². The molecule has 1 aliphatic heterocycles. The number of thioether (sulfide) groups is 1. The quantitative estimate of drug-likeness (QED) is 0.676. The molecule has 2 aromatic carbocycles. The largest absolute Gasteiger partial charge is 0.339 e. The van der Waals surface area contributed by atoms with Gasteiger partial charge in [-0.3, -0.25) is 14.5 Å². The molecule has 160 valence electrons. The maximum Gasteiger partial charge on any atom is 0.238 e. The summed E-state index contributed by atoms with van der Waals surface area (Å²) in [6, 6.07) is 13.5. The fourth-order valence-electron chi connectivity index (χ4n) is 3.43. The summed E-state index contributed by atoms with van der Waals surface area (Å²) in [5, 5.41) is 3.54. The molecule has 2 amide bonds. The molecule has 0 radical (unpaired) electrons. The van der Waals surface area contributed by atoms with Gasteiger partial charge >= 0.3 is 0 Å². The topological polar surface area (TPSA) is 52.7 Å². The first-order chi connectivity index (χ1) is 14.3. The Labute approximate surface area is 187 Å². The number of nitrogens with one attached hydrogen (secondary N) is 1. The summed E-state index contributed by atoms with van der Waals surface area (Å²) in [5.74, 6) is 0.115. The van der Waals surface area contributed by atoms with Crippen LogP contribution >= 0.6 is 23.4 Å². The van der Waals surface area contributed by atoms with Crippen LogP contribution in [-0.4, -0.2) is 59.6 Å². The Morgan fingerprint density at radius 2 is 1.73 bits per heavy atom. The molecule has 3 rings (SSSR count). The van der Waals surface area contributed by atoms with Gasteiger partial charge in [-0.1, -0.05) is 23.7 Å². The van der Waals surface area contributed by atoms with Crippen molar-refractivity contribution in [3.05, 3.63) is 58.6 Å². The molecular formula is C23H28ClN3O2S. The van der Waals surface area contributed by atoms with Crippen molar-refractivity contribution >= 4 is 40.9 Å². The minimum atomic E-state index is -0.162. The fraction of sp³-hybridized carbons (Fsp3) is 0.391. The van der Waals surface area contributed by atoms with Gasteiger partial charge in [-0.15, -0.1) is 11.8 Å². The molecule has 5 nitrogen and oxygen atoms in total. The Bertz CT molecular complexity index is 896. The third-order valence-electron chi connectivity index (χ3n) is 5.40. The summed E-state index contributed by atoms with van der Waals surface area (Å²) in [6.45, 7) is 9.00. The van der Waals surface area contributed by atoms with Crippen LogP contribution < -0.4 is 5.32 Å². The van der Waals surface area contributed by atoms with E-state index < -0.39 is 0 Å². The molecule has 2 aromatic rings. The third kappa shape index (κ3) is 6.00. The number of anilines is 1. The molecule has 7 heteroatoms. The van der Waals surface area contributed by atoms with E-state index in [1.165, 1.54) is 0 Å². The number of hydrogen-bond acceptors (Lipinski definition) is 4. The summed E-state index contributed by atoms with van der Waals surface area (Å²) in [4.78, 5) is 30.3. The number of hydrogen-bond donors (Lipinski definition) is 1. The zero-order valence-electron chi connectivity index (χ0n) is 17.7. The monoisotopic (exact) mass is 445 g/mol. The van der Waals surface area contributed by atoms with E-state index in [1.54, 1.807) is 11.8 Å². The predicted molar refractivity (Wildman–Crippen MR) is 124 cm³/mol. The normalized spacial score (nSPS) is 15.7. The van der Waals surface area contributed by atoms with Crippen LogP contribution in [0.3, 0.4) is 0 Å². The first-order valence-electron chi connectivity index (χ1n) is 10.1. The van der Waals surface area contributed by atoms with Crippen LogP contribution in [0.15, 0.2) is 47.4 Å². The Balaban J connectivity index is 1.45. The van der Waals surface area contributed by atoms with Crippen molar-refractivity contribution in [2.45, 2.75) is 30.9 Å². The molecular weight excluding hydrogens is 418 g/mol. The summed E-state index contributed by atoms with van der Waals surface area (Å²) < 4.78 is 0. The Morgan fingerprint density at radius 1 is 1.07 bits per heavy atom. The zero-order valence-corrected chi connectivity index (χ0v) is 19.2. The molecule has 0 aliphatic carbocycles. The van der Waals surface area contributed by atoms with Gasteiger partial charge in [0.05, 0.1) is 11.8 Å². The van der Waals surface area contributed by atoms with Crippen LogP contribution in [0.4, 0.5) is 5.69 Å². The van der Waals surface area contributed by atoms with Crippen molar-refractivity contribution in [3.8, 4) is 0 Å². The number of aryl methyl sites for hydroxylation is 1. The molecule has 1 fully saturated rings. The van der Waals surface area contributed by atoms with Gasteiger partial charge in [-0.2, -0.15) is 0 Å². The predicted octanol–water partition coefficient (Wildman–Crippen LogP) is 4.22. The van der Waals surface area contributed by atoms with Gasteiger partial charge in [0.25, 0.3) is 0 Å². The van der Waals surface area contributed by atoms with Crippen LogP contribution in [0.2, 0.25) is 5.02 Å². The van der Waals surface area contributed by atoms with Crippen LogP contribution in [-0.2, 0) is 9.59 Å². The summed E-state index contributed by atoms with van der Waals surface area (Å²) in [5.41, 5.74) is 3.11. The number of rotatable bonds is 6. The molecule has 0 spiro atoms. The average molecular weight is 446 g/mol. The van der Waals surface area contributed by atoms with Gasteiger partial charge in [-0.25, -0.2) is 0 Å². The summed E-state index contributed by atoms with van der Waals surface area (Å²) in [7, 11) is 0. The highest BCUT2D eigenvalue weighted by atomic mass is 35.5. The number of carbonyl (C=O) groups excluding carboxylic acids is 2. The van der Waals surface area contributed by atoms with Gasteiger partial charge in [0.2, 0.25) is 11.8 Å². The maximum atomic E-state index is 12.8. The molecule has 30 heavy (non-hydrogen) atoms. The van der Waals surface area contributed by atoms with Crippen molar-refractivity contribution in [3.63, 3.8) is 0 Å². The molecule has 0 aromatic heterocycles. The van der Waals surface area contributed by atoms with E-state index in [1.807, 2.05) is 68.1 Å². The minimum absolute atomic E-state index is 0.0184. The lowest BCUT2D eigenvalue weighted by Crippen LogP contribution is -2.52. The van der Waals surface area contributed by atoms with Crippen LogP contribution in [0.5, 0.6) is 0 Å². The van der Waals surface area contributed by atoms with Crippen molar-refractivity contribution in [2.75, 3.05) is 38.0 Å². The number of piperazine rings is 1. The number of halogens is 1. The van der Waals surface area contributed by atoms with Crippen molar-refractivity contribution < 1.29 is 9.59 Å². The standard InChI is InChI=1S/C23H28ClN3O2S/c1-16-5-4-6-21(17(16)2)25-22(28)15-26-11-13-27(14-12-26)23(29)18(3)30-20-9-7-19(24)8-10-20/h4-10,18H,11-15H2,1-3H3,(H,25,28). The number of benzene rings is 2. The van der Waals surface area contributed by atoms with E-state index in [0.29, 0.717) is 37.7 Å². The van der Waals surface area contributed by atoms with Gasteiger partial charge in [-0.05, 0) is 62.2 Å². The van der Waals surface area contributed by atoms with Crippen LogP contribution in [0, 0.1) is 13.8 Å². The molecule has 1 atom stereocenters. The highest BCUT2D eigenvalue weighted by Crippen LogP contribution is 2.26. The van der Waals surface area contributed by atoms with Crippen molar-refractivity contribution in [2.24, 2.45) is 0 Å². The van der Waals surface area contributed by atoms with E-state index in [2.05, 4.69) is 10.2 Å². The Hall–Kier alpha value is -2.02. The number of nitrogens with zero attached hydrogens (tertiary/aromatic N) is 2. The molecule has 0 saturated carbocycles. The lowest BCUT2D eigenvalue weighted by atomic mass is 10.1. The number of amides is 2. The first-order valence-corrected chi connectivity index (χ1v) is 11.4. The summed E-state index contributed by atoms with van der Waals surface area (Å²) in [6.07, 6.45) is 0. The van der Waals surface area contributed by atoms with Crippen LogP contribution in [0.1, 0.15) is 18.1 Å². The second kappa shape index (κ2) is 10.3. The smallest absolute Gasteiger partial charge is 0.238 e. The molecule has 1 unspecified atom stereocenters. The summed E-state index contributed by atoms with van der Waals surface area (Å²) >= 11 is 7.47. The van der Waals surface area contributed by atoms with E-state index in [0.717, 1.165) is 21.7 Å². The van der Waals surface area contributed by atoms with E-state index in [-0.39, 0.29) is 17.1 Å². The first kappa shape index (κ1) is 22.7. The van der Waals surface area contributed by atoms with E-state index in [9.17, 15) is 9.59 Å². The third-order valence-corrected chi connectivity index (χ3v) is 6.76. The van der Waals surface area contributed by atoms with E-state index >= 15 is 0 Å². The van der Waals surface area contributed by atoms with Crippen LogP contribution in [0.25, 0.3) is 0 Å². The molecule has 1 aliphatic rings. The lowest BCUT2D eigenvalue weighted by molar-refractivity contribution is -0.132. The second-order valence-electron chi connectivity index (χ2n) is 7.61. The van der Waals surface area contributed by atoms with Crippen molar-refractivity contribution in [1.29, 1.82) is 0 Å². The zero-order chi connectivity index (χ0) is 21.7. The van der Waals surface area contributed by atoms with E-state index in [4.69, 9.17) is 11.6 Å². The average Bonchev–Trinajstić information content (AvgIpc) is 2.73. The Kier molecular flexibility index (Phi) is 7.81. The molecule has 1 heterocycles. The minimum Gasteiger partial charge on any atom is -0.339 e. The molecule has 1 N–H and O–H groups in total. The molecule has 1 saturated heterocycles. The highest BCUT2D eigenvalue weighted by molar-refractivity contribution is 8.00. The molecule has 0 bridgehead atoms. The van der Waals surface area contributed by atoms with Gasteiger partial charge in [0, 0.05) is 41.8 Å². The maximum absolute atomic E-state index is 12.8. The highest BCUT2D eigenvalue weighted by Gasteiger charge is 2.26. The van der Waals surface area contributed by atoms with Crippen molar-refractivity contribution in [1.82, 2.24) is 9.80 Å². The lowest BCUT2D eigenvalue weighted by Gasteiger charge is -2.35. The Morgan fingerprint density at radius 3 is 2.40 bits per heavy atom. The fourth-order valence-corrected chi connectivity index (χ4v) is 4.51. The van der Waals surface area contributed by atoms with Gasteiger partial charge in [0.1, 0.15) is 0 Å². The van der Waals surface area contributed by atoms with Gasteiger partial charge < -0.3 is 10.2 Å².